The standard InChI is InChI=1S/C17H24N6O2/c1-4-25-14-7-5-6-13-12(2)20-17(21-15(13)14)22-16-18-10-23(11-19-16)8-9-24-3/h5-7H,4,8-11H2,1-3H3,(H2,18,19,20,21,22). The van der Waals surface area contributed by atoms with Crippen LogP contribution in [0.25, 0.3) is 10.9 Å². The molecule has 1 aromatic carbocycles. The minimum Gasteiger partial charge on any atom is -0.492 e. The van der Waals surface area contributed by atoms with E-state index in [9.17, 15) is 0 Å². The Kier molecular flexibility index (Phi) is 5.62. The summed E-state index contributed by atoms with van der Waals surface area (Å²) in [5.41, 5.74) is 1.70. The molecule has 25 heavy (non-hydrogen) atoms. The van der Waals surface area contributed by atoms with Gasteiger partial charge in [-0.2, -0.15) is 0 Å². The minimum absolute atomic E-state index is 0.508. The fraction of sp³-hybridized carbons (Fsp3) is 0.471. The van der Waals surface area contributed by atoms with Gasteiger partial charge in [0.1, 0.15) is 11.3 Å². The highest BCUT2D eigenvalue weighted by Gasteiger charge is 2.14. The molecule has 0 bridgehead atoms. The molecule has 0 unspecified atom stereocenters. The first-order chi connectivity index (χ1) is 12.2. The van der Waals surface area contributed by atoms with E-state index in [1.54, 1.807) is 7.11 Å². The van der Waals surface area contributed by atoms with Crippen LogP contribution in [0, 0.1) is 6.92 Å². The van der Waals surface area contributed by atoms with Gasteiger partial charge >= 0.3 is 0 Å². The van der Waals surface area contributed by atoms with Gasteiger partial charge in [-0.05, 0) is 19.9 Å². The Labute approximate surface area is 147 Å². The second-order valence-electron chi connectivity index (χ2n) is 5.71. The zero-order chi connectivity index (χ0) is 17.6. The average Bonchev–Trinajstić information content (AvgIpc) is 2.62. The van der Waals surface area contributed by atoms with Crippen LogP contribution in [0.1, 0.15) is 12.6 Å². The number of nitrogens with one attached hydrogen (secondary N) is 2. The van der Waals surface area contributed by atoms with E-state index in [-0.39, 0.29) is 0 Å². The third kappa shape index (κ3) is 4.15. The largest absolute Gasteiger partial charge is 0.492 e. The molecule has 0 saturated heterocycles. The topological polar surface area (TPSA) is 83.9 Å². The summed E-state index contributed by atoms with van der Waals surface area (Å²) in [5, 5.41) is 7.38. The summed E-state index contributed by atoms with van der Waals surface area (Å²) in [5.74, 6) is 1.94. The number of nitrogens with zero attached hydrogens (tertiary/aromatic N) is 4. The number of methoxy groups -OCH3 is 1. The van der Waals surface area contributed by atoms with Gasteiger partial charge in [-0.1, -0.05) is 12.1 Å². The summed E-state index contributed by atoms with van der Waals surface area (Å²) >= 11 is 0. The first kappa shape index (κ1) is 17.4. The second kappa shape index (κ2) is 8.09. The van der Waals surface area contributed by atoms with E-state index in [0.29, 0.717) is 38.5 Å². The lowest BCUT2D eigenvalue weighted by Crippen LogP contribution is -2.46. The molecule has 8 nitrogen and oxygen atoms in total. The van der Waals surface area contributed by atoms with Crippen molar-refractivity contribution >= 4 is 22.8 Å². The van der Waals surface area contributed by atoms with Crippen molar-refractivity contribution in [2.75, 3.05) is 45.5 Å². The molecule has 2 aromatic rings. The molecule has 0 amide bonds. The number of anilines is 1. The first-order valence-corrected chi connectivity index (χ1v) is 8.38. The van der Waals surface area contributed by atoms with Gasteiger partial charge in [0.05, 0.1) is 32.2 Å². The highest BCUT2D eigenvalue weighted by Crippen LogP contribution is 2.26. The van der Waals surface area contributed by atoms with Gasteiger partial charge in [-0.3, -0.25) is 10.2 Å². The van der Waals surface area contributed by atoms with Crippen molar-refractivity contribution in [3.63, 3.8) is 0 Å². The zero-order valence-electron chi connectivity index (χ0n) is 14.9. The molecule has 0 atom stereocenters. The Bertz CT molecular complexity index is 764. The maximum atomic E-state index is 5.69. The summed E-state index contributed by atoms with van der Waals surface area (Å²) in [4.78, 5) is 15.8. The van der Waals surface area contributed by atoms with Crippen LogP contribution in [0.3, 0.4) is 0 Å². The van der Waals surface area contributed by atoms with Crippen molar-refractivity contribution in [2.24, 2.45) is 4.99 Å². The van der Waals surface area contributed by atoms with Gasteiger partial charge < -0.3 is 14.8 Å². The molecule has 0 saturated carbocycles. The summed E-state index contributed by atoms with van der Waals surface area (Å²) in [6.07, 6.45) is 0. The molecule has 8 heteroatoms. The van der Waals surface area contributed by atoms with E-state index in [1.165, 1.54) is 0 Å². The van der Waals surface area contributed by atoms with Crippen LogP contribution >= 0.6 is 0 Å². The van der Waals surface area contributed by atoms with Crippen LogP contribution in [-0.4, -0.2) is 61.0 Å². The zero-order valence-corrected chi connectivity index (χ0v) is 14.9. The van der Waals surface area contributed by atoms with Crippen molar-refractivity contribution in [3.8, 4) is 5.75 Å². The lowest BCUT2D eigenvalue weighted by Gasteiger charge is -2.26. The quantitative estimate of drug-likeness (QED) is 0.823. The molecule has 0 fully saturated rings. The molecule has 0 aliphatic carbocycles. The lowest BCUT2D eigenvalue weighted by molar-refractivity contribution is 0.145. The number of hydrogen-bond donors (Lipinski definition) is 2. The van der Waals surface area contributed by atoms with Gasteiger partial charge in [0.25, 0.3) is 0 Å². The van der Waals surface area contributed by atoms with E-state index in [0.717, 1.165) is 28.9 Å². The summed E-state index contributed by atoms with van der Waals surface area (Å²) < 4.78 is 10.8. The third-order valence-corrected chi connectivity index (χ3v) is 3.92. The Hall–Kier alpha value is -2.45. The number of aromatic nitrogens is 2. The number of rotatable bonds is 6. The molecular weight excluding hydrogens is 320 g/mol. The first-order valence-electron chi connectivity index (χ1n) is 8.38. The van der Waals surface area contributed by atoms with Gasteiger partial charge in [0.2, 0.25) is 11.9 Å². The van der Waals surface area contributed by atoms with Crippen LogP contribution < -0.4 is 15.4 Å². The molecule has 2 heterocycles. The molecule has 3 rings (SSSR count). The van der Waals surface area contributed by atoms with Gasteiger partial charge in [-0.15, -0.1) is 0 Å². The number of hydrogen-bond acceptors (Lipinski definition) is 8. The highest BCUT2D eigenvalue weighted by atomic mass is 16.5. The van der Waals surface area contributed by atoms with Crippen LogP contribution in [0.2, 0.25) is 0 Å². The number of guanidine groups is 1. The SMILES string of the molecule is CCOc1cccc2c(C)nc(NC3=NCN(CCOC)CN3)nc12. The Morgan fingerprint density at radius 3 is 2.92 bits per heavy atom. The predicted octanol–water partition coefficient (Wildman–Crippen LogP) is 1.57. The van der Waals surface area contributed by atoms with Crippen LogP contribution in [0.4, 0.5) is 5.95 Å². The fourth-order valence-electron chi connectivity index (χ4n) is 2.63. The molecule has 2 N–H and O–H groups in total. The van der Waals surface area contributed by atoms with Gasteiger partial charge in [0.15, 0.2) is 0 Å². The third-order valence-electron chi connectivity index (χ3n) is 3.92. The average molecular weight is 344 g/mol. The lowest BCUT2D eigenvalue weighted by atomic mass is 10.2. The maximum Gasteiger partial charge on any atom is 0.230 e. The molecule has 0 spiro atoms. The molecule has 134 valence electrons. The summed E-state index contributed by atoms with van der Waals surface area (Å²) in [6.45, 7) is 7.35. The van der Waals surface area contributed by atoms with Crippen LogP contribution in [-0.2, 0) is 4.74 Å². The number of benzene rings is 1. The van der Waals surface area contributed by atoms with Crippen molar-refractivity contribution in [2.45, 2.75) is 13.8 Å². The minimum atomic E-state index is 0.508. The Balaban J connectivity index is 1.78. The molecule has 1 aliphatic heterocycles. The second-order valence-corrected chi connectivity index (χ2v) is 5.71. The van der Waals surface area contributed by atoms with Crippen molar-refractivity contribution in [1.29, 1.82) is 0 Å². The Morgan fingerprint density at radius 1 is 1.32 bits per heavy atom. The normalized spacial score (nSPS) is 14.9. The smallest absolute Gasteiger partial charge is 0.230 e. The fourth-order valence-corrected chi connectivity index (χ4v) is 2.63. The van der Waals surface area contributed by atoms with Crippen molar-refractivity contribution in [3.05, 3.63) is 23.9 Å². The monoisotopic (exact) mass is 344 g/mol. The van der Waals surface area contributed by atoms with E-state index in [1.807, 2.05) is 32.0 Å². The van der Waals surface area contributed by atoms with E-state index in [4.69, 9.17) is 9.47 Å². The number of para-hydroxylation sites is 1. The Morgan fingerprint density at radius 2 is 2.20 bits per heavy atom. The summed E-state index contributed by atoms with van der Waals surface area (Å²) in [6, 6.07) is 5.88. The molecule has 1 aromatic heterocycles. The van der Waals surface area contributed by atoms with E-state index < -0.39 is 0 Å². The van der Waals surface area contributed by atoms with Crippen LogP contribution in [0.15, 0.2) is 23.2 Å². The number of fused-ring (bicyclic) bond motifs is 1. The predicted molar refractivity (Wildman–Crippen MR) is 98.0 cm³/mol. The van der Waals surface area contributed by atoms with Crippen LogP contribution in [0.5, 0.6) is 5.75 Å². The van der Waals surface area contributed by atoms with E-state index in [2.05, 4.69) is 30.5 Å². The van der Waals surface area contributed by atoms with Gasteiger partial charge in [0, 0.05) is 19.0 Å². The number of ether oxygens (including phenoxy) is 2. The van der Waals surface area contributed by atoms with E-state index >= 15 is 0 Å². The number of aliphatic imine (C=N–C) groups is 1. The summed E-state index contributed by atoms with van der Waals surface area (Å²) in [7, 11) is 1.70. The number of aryl methyl sites for hydroxylation is 1. The van der Waals surface area contributed by atoms with Crippen molar-refractivity contribution in [1.82, 2.24) is 20.2 Å². The maximum absolute atomic E-state index is 5.69. The molecule has 0 radical (unpaired) electrons. The molecule has 1 aliphatic rings. The van der Waals surface area contributed by atoms with Gasteiger partial charge in [-0.25, -0.2) is 15.0 Å². The molecular formula is C17H24N6O2. The van der Waals surface area contributed by atoms with Crippen molar-refractivity contribution < 1.29 is 9.47 Å². The highest BCUT2D eigenvalue weighted by molar-refractivity contribution is 5.94.